The Labute approximate surface area is 113 Å². The van der Waals surface area contributed by atoms with Crippen molar-refractivity contribution in [1.29, 1.82) is 0 Å². The molecule has 2 heterocycles. The molecule has 5 heteroatoms. The summed E-state index contributed by atoms with van der Waals surface area (Å²) in [5.74, 6) is 3.85. The van der Waals surface area contributed by atoms with Crippen LogP contribution in [0.15, 0.2) is 12.1 Å². The van der Waals surface area contributed by atoms with Crippen LogP contribution >= 0.6 is 11.8 Å². The molecule has 18 heavy (non-hydrogen) atoms. The molecule has 1 unspecified atom stereocenters. The topological polar surface area (TPSA) is 51.4 Å². The Morgan fingerprint density at radius 1 is 1.56 bits per heavy atom. The number of thioether (sulfide) groups is 1. The van der Waals surface area contributed by atoms with Crippen LogP contribution in [0.3, 0.4) is 0 Å². The van der Waals surface area contributed by atoms with Crippen molar-refractivity contribution >= 4 is 23.3 Å². The second-order valence-electron chi connectivity index (χ2n) is 4.53. The lowest BCUT2D eigenvalue weighted by Crippen LogP contribution is -2.40. The molecule has 1 aliphatic heterocycles. The third kappa shape index (κ3) is 3.02. The molecule has 2 N–H and O–H groups in total. The molecule has 0 spiro atoms. The Hall–Kier alpha value is -1.10. The number of hydrogen-bond acceptors (Lipinski definition) is 5. The van der Waals surface area contributed by atoms with Gasteiger partial charge in [0, 0.05) is 24.1 Å². The van der Waals surface area contributed by atoms with Crippen LogP contribution in [0.1, 0.15) is 20.3 Å². The van der Waals surface area contributed by atoms with Crippen molar-refractivity contribution in [3.8, 4) is 5.88 Å². The van der Waals surface area contributed by atoms with Crippen molar-refractivity contribution in [1.82, 2.24) is 4.98 Å². The Balaban J connectivity index is 2.17. The van der Waals surface area contributed by atoms with E-state index in [0.717, 1.165) is 30.3 Å². The normalized spacial score (nSPS) is 19.9. The van der Waals surface area contributed by atoms with E-state index in [1.54, 1.807) is 0 Å². The van der Waals surface area contributed by atoms with E-state index in [-0.39, 0.29) is 0 Å². The third-order valence-electron chi connectivity index (χ3n) is 2.98. The number of hydrogen-bond donors (Lipinski definition) is 1. The standard InChI is InChI=1S/C13H21N3OS/c1-3-7-17-13-11(14)4-5-12(15-13)16-6-8-18-9-10(16)2/h4-5,10H,3,6-9,14H2,1-2H3. The summed E-state index contributed by atoms with van der Waals surface area (Å²) in [4.78, 5) is 6.88. The van der Waals surface area contributed by atoms with Crippen LogP contribution in [-0.2, 0) is 0 Å². The van der Waals surface area contributed by atoms with Crippen molar-refractivity contribution in [2.75, 3.05) is 35.3 Å². The SMILES string of the molecule is CCCOc1nc(N2CCSCC2C)ccc1N. The second kappa shape index (κ2) is 6.18. The Morgan fingerprint density at radius 3 is 3.11 bits per heavy atom. The fourth-order valence-electron chi connectivity index (χ4n) is 1.98. The number of nitrogen functional groups attached to an aromatic ring is 1. The van der Waals surface area contributed by atoms with Gasteiger partial charge in [-0.2, -0.15) is 16.7 Å². The van der Waals surface area contributed by atoms with Crippen LogP contribution in [0.2, 0.25) is 0 Å². The lowest BCUT2D eigenvalue weighted by molar-refractivity contribution is 0.307. The zero-order valence-corrected chi connectivity index (χ0v) is 11.9. The highest BCUT2D eigenvalue weighted by Crippen LogP contribution is 2.27. The molecule has 0 aliphatic carbocycles. The van der Waals surface area contributed by atoms with E-state index in [9.17, 15) is 0 Å². The minimum absolute atomic E-state index is 0.513. The summed E-state index contributed by atoms with van der Waals surface area (Å²) >= 11 is 2.00. The lowest BCUT2D eigenvalue weighted by atomic mass is 10.3. The number of anilines is 2. The average molecular weight is 267 g/mol. The van der Waals surface area contributed by atoms with Crippen molar-refractivity contribution in [3.63, 3.8) is 0 Å². The summed E-state index contributed by atoms with van der Waals surface area (Å²) in [5, 5.41) is 0. The van der Waals surface area contributed by atoms with Crippen LogP contribution in [0.5, 0.6) is 5.88 Å². The highest BCUT2D eigenvalue weighted by Gasteiger charge is 2.20. The van der Waals surface area contributed by atoms with Gasteiger partial charge in [0.15, 0.2) is 0 Å². The summed E-state index contributed by atoms with van der Waals surface area (Å²) in [7, 11) is 0. The largest absolute Gasteiger partial charge is 0.476 e. The van der Waals surface area contributed by atoms with Gasteiger partial charge in [0.25, 0.3) is 0 Å². The van der Waals surface area contributed by atoms with Gasteiger partial charge >= 0.3 is 0 Å². The van der Waals surface area contributed by atoms with Crippen molar-refractivity contribution < 1.29 is 4.74 Å². The maximum absolute atomic E-state index is 5.88. The van der Waals surface area contributed by atoms with Gasteiger partial charge in [0.05, 0.1) is 12.3 Å². The number of aromatic nitrogens is 1. The van der Waals surface area contributed by atoms with Crippen molar-refractivity contribution in [2.24, 2.45) is 0 Å². The highest BCUT2D eigenvalue weighted by molar-refractivity contribution is 7.99. The molecule has 1 aromatic heterocycles. The quantitative estimate of drug-likeness (QED) is 0.908. The lowest BCUT2D eigenvalue weighted by Gasteiger charge is -2.34. The number of ether oxygens (including phenoxy) is 1. The van der Waals surface area contributed by atoms with E-state index < -0.39 is 0 Å². The molecule has 2 rings (SSSR count). The second-order valence-corrected chi connectivity index (χ2v) is 5.68. The molecule has 1 saturated heterocycles. The first-order chi connectivity index (χ1) is 8.72. The van der Waals surface area contributed by atoms with E-state index in [0.29, 0.717) is 24.2 Å². The van der Waals surface area contributed by atoms with Gasteiger partial charge in [0.2, 0.25) is 5.88 Å². The minimum Gasteiger partial charge on any atom is -0.476 e. The number of nitrogens with two attached hydrogens (primary N) is 1. The Kier molecular flexibility index (Phi) is 4.58. The van der Waals surface area contributed by atoms with Gasteiger partial charge in [-0.3, -0.25) is 0 Å². The van der Waals surface area contributed by atoms with E-state index >= 15 is 0 Å². The molecule has 1 aliphatic rings. The highest BCUT2D eigenvalue weighted by atomic mass is 32.2. The predicted octanol–water partition coefficient (Wildman–Crippen LogP) is 2.39. The first kappa shape index (κ1) is 13.3. The van der Waals surface area contributed by atoms with Crippen LogP contribution in [0.4, 0.5) is 11.5 Å². The fraction of sp³-hybridized carbons (Fsp3) is 0.615. The third-order valence-corrected chi connectivity index (χ3v) is 4.17. The van der Waals surface area contributed by atoms with E-state index in [4.69, 9.17) is 10.5 Å². The minimum atomic E-state index is 0.513. The first-order valence-electron chi connectivity index (χ1n) is 6.46. The summed E-state index contributed by atoms with van der Waals surface area (Å²) in [6.45, 7) is 6.00. The molecule has 1 fully saturated rings. The zero-order valence-electron chi connectivity index (χ0n) is 11.1. The number of nitrogens with zero attached hydrogens (tertiary/aromatic N) is 2. The van der Waals surface area contributed by atoms with Gasteiger partial charge < -0.3 is 15.4 Å². The molecular formula is C13H21N3OS. The first-order valence-corrected chi connectivity index (χ1v) is 7.61. The van der Waals surface area contributed by atoms with Gasteiger partial charge in [-0.05, 0) is 25.5 Å². The Bertz CT molecular complexity index is 400. The van der Waals surface area contributed by atoms with Crippen LogP contribution in [0.25, 0.3) is 0 Å². The molecule has 0 aromatic carbocycles. The molecule has 1 aromatic rings. The molecule has 4 nitrogen and oxygen atoms in total. The maximum atomic E-state index is 5.88. The van der Waals surface area contributed by atoms with Crippen molar-refractivity contribution in [2.45, 2.75) is 26.3 Å². The van der Waals surface area contributed by atoms with E-state index in [1.165, 1.54) is 0 Å². The smallest absolute Gasteiger partial charge is 0.239 e. The van der Waals surface area contributed by atoms with Crippen LogP contribution in [-0.4, -0.2) is 35.7 Å². The summed E-state index contributed by atoms with van der Waals surface area (Å²) < 4.78 is 5.58. The maximum Gasteiger partial charge on any atom is 0.239 e. The van der Waals surface area contributed by atoms with Crippen molar-refractivity contribution in [3.05, 3.63) is 12.1 Å². The molecular weight excluding hydrogens is 246 g/mol. The fourth-order valence-corrected chi connectivity index (χ4v) is 3.00. The van der Waals surface area contributed by atoms with Gasteiger partial charge in [0.1, 0.15) is 5.82 Å². The van der Waals surface area contributed by atoms with Crippen LogP contribution < -0.4 is 15.4 Å². The van der Waals surface area contributed by atoms with E-state index in [2.05, 4.69) is 23.7 Å². The molecule has 0 radical (unpaired) electrons. The van der Waals surface area contributed by atoms with Gasteiger partial charge in [-0.1, -0.05) is 6.92 Å². The number of pyridine rings is 1. The predicted molar refractivity (Wildman–Crippen MR) is 78.6 cm³/mol. The van der Waals surface area contributed by atoms with E-state index in [1.807, 2.05) is 23.9 Å². The molecule has 0 saturated carbocycles. The summed E-state index contributed by atoms with van der Waals surface area (Å²) in [6, 6.07) is 4.39. The Morgan fingerprint density at radius 2 is 2.39 bits per heavy atom. The summed E-state index contributed by atoms with van der Waals surface area (Å²) in [6.07, 6.45) is 0.960. The molecule has 1 atom stereocenters. The average Bonchev–Trinajstić information content (AvgIpc) is 2.39. The molecule has 100 valence electrons. The number of rotatable bonds is 4. The monoisotopic (exact) mass is 267 g/mol. The molecule has 0 amide bonds. The molecule has 0 bridgehead atoms. The van der Waals surface area contributed by atoms with Crippen LogP contribution in [0, 0.1) is 0 Å². The van der Waals surface area contributed by atoms with Gasteiger partial charge in [-0.15, -0.1) is 0 Å². The summed E-state index contributed by atoms with van der Waals surface area (Å²) in [5.41, 5.74) is 6.50. The zero-order chi connectivity index (χ0) is 13.0. The van der Waals surface area contributed by atoms with Gasteiger partial charge in [-0.25, -0.2) is 0 Å².